The first-order chi connectivity index (χ1) is 25.5. The van der Waals surface area contributed by atoms with Crippen molar-refractivity contribution in [2.45, 2.75) is 257 Å². The number of amides is 1. The van der Waals surface area contributed by atoms with Crippen LogP contribution in [0, 0.1) is 0 Å². The molecule has 0 aliphatic rings. The summed E-state index contributed by atoms with van der Waals surface area (Å²) in [5, 5.41) is 43.2. The minimum Gasteiger partial charge on any atom is -0.394 e. The van der Waals surface area contributed by atoms with E-state index < -0.39 is 36.9 Å². The molecule has 4 unspecified atom stereocenters. The standard InChI is InChI=1S/C46H89NO5/c1-3-5-7-9-11-12-13-14-15-16-17-18-19-20-21-22-23-24-25-26-27-28-29-30-31-32-33-34-36-38-40-44(50)46(52)47-42(41-48)45(51)43(49)39-37-35-10-8-6-4-2/h17-18,20-21,42-45,48-51H,3-16,19,22-41H2,1-2H3,(H,47,52)/b18-17-,21-20-. The van der Waals surface area contributed by atoms with Crippen molar-refractivity contribution in [1.29, 1.82) is 0 Å². The van der Waals surface area contributed by atoms with Crippen molar-refractivity contribution in [1.82, 2.24) is 5.32 Å². The van der Waals surface area contributed by atoms with Gasteiger partial charge in [0.2, 0.25) is 5.91 Å². The van der Waals surface area contributed by atoms with E-state index in [0.717, 1.165) is 44.9 Å². The SMILES string of the molecule is CCCCCCCCCCC/C=C\C/C=C\CCCCCCCCCCCCCCCCC(O)C(=O)NC(CO)C(O)C(O)CCCCCCCC. The Kier molecular flexibility index (Phi) is 40.0. The first-order valence-corrected chi connectivity index (χ1v) is 22.7. The summed E-state index contributed by atoms with van der Waals surface area (Å²) in [4.78, 5) is 12.4. The summed E-state index contributed by atoms with van der Waals surface area (Å²) in [7, 11) is 0. The Balaban J connectivity index is 3.54. The summed E-state index contributed by atoms with van der Waals surface area (Å²) in [5.74, 6) is -0.588. The van der Waals surface area contributed by atoms with E-state index in [1.54, 1.807) is 0 Å². The Morgan fingerprint density at radius 3 is 1.21 bits per heavy atom. The molecule has 308 valence electrons. The highest BCUT2D eigenvalue weighted by Gasteiger charge is 2.28. The first kappa shape index (κ1) is 50.8. The molecule has 0 bridgehead atoms. The fourth-order valence-electron chi connectivity index (χ4n) is 7.02. The molecule has 0 spiro atoms. The fraction of sp³-hybridized carbons (Fsp3) is 0.891. The normalized spacial score (nSPS) is 14.3. The average molecular weight is 736 g/mol. The van der Waals surface area contributed by atoms with E-state index in [1.807, 2.05) is 0 Å². The molecular weight excluding hydrogens is 647 g/mol. The maximum atomic E-state index is 12.4. The Bertz CT molecular complexity index is 787. The molecule has 0 aromatic rings. The van der Waals surface area contributed by atoms with Gasteiger partial charge >= 0.3 is 0 Å². The van der Waals surface area contributed by atoms with Crippen LogP contribution < -0.4 is 5.32 Å². The van der Waals surface area contributed by atoms with Crippen LogP contribution in [-0.4, -0.2) is 57.3 Å². The third-order valence-corrected chi connectivity index (χ3v) is 10.7. The van der Waals surface area contributed by atoms with Crippen LogP contribution in [0.1, 0.15) is 232 Å². The number of hydrogen-bond donors (Lipinski definition) is 5. The highest BCUT2D eigenvalue weighted by molar-refractivity contribution is 5.80. The molecule has 1 amide bonds. The number of aliphatic hydroxyl groups excluding tert-OH is 4. The molecule has 0 fully saturated rings. The number of aliphatic hydroxyl groups is 4. The Labute approximate surface area is 323 Å². The topological polar surface area (TPSA) is 110 Å². The van der Waals surface area contributed by atoms with Gasteiger partial charge in [0, 0.05) is 0 Å². The minimum atomic E-state index is -1.25. The molecule has 0 aromatic carbocycles. The molecule has 6 heteroatoms. The largest absolute Gasteiger partial charge is 0.394 e. The summed E-state index contributed by atoms with van der Waals surface area (Å²) in [5.41, 5.74) is 0. The van der Waals surface area contributed by atoms with Crippen molar-refractivity contribution in [3.8, 4) is 0 Å². The van der Waals surface area contributed by atoms with Crippen molar-refractivity contribution in [3.63, 3.8) is 0 Å². The van der Waals surface area contributed by atoms with Gasteiger partial charge in [-0.3, -0.25) is 4.79 Å². The van der Waals surface area contributed by atoms with Gasteiger partial charge in [-0.15, -0.1) is 0 Å². The highest BCUT2D eigenvalue weighted by Crippen LogP contribution is 2.16. The van der Waals surface area contributed by atoms with E-state index in [9.17, 15) is 25.2 Å². The Hall–Kier alpha value is -1.21. The summed E-state index contributed by atoms with van der Waals surface area (Å²) in [6, 6.07) is -0.980. The number of hydrogen-bond acceptors (Lipinski definition) is 5. The summed E-state index contributed by atoms with van der Waals surface area (Å²) in [6.45, 7) is 3.97. The number of carbonyl (C=O) groups excluding carboxylic acids is 1. The fourth-order valence-corrected chi connectivity index (χ4v) is 7.02. The second-order valence-electron chi connectivity index (χ2n) is 15.8. The van der Waals surface area contributed by atoms with Gasteiger partial charge in [-0.05, 0) is 44.9 Å². The predicted molar refractivity (Wildman–Crippen MR) is 224 cm³/mol. The van der Waals surface area contributed by atoms with Gasteiger partial charge in [-0.2, -0.15) is 0 Å². The Morgan fingerprint density at radius 2 is 0.827 bits per heavy atom. The molecule has 4 atom stereocenters. The lowest BCUT2D eigenvalue weighted by Gasteiger charge is -2.27. The van der Waals surface area contributed by atoms with Crippen LogP contribution in [-0.2, 0) is 4.79 Å². The summed E-state index contributed by atoms with van der Waals surface area (Å²) >= 11 is 0. The van der Waals surface area contributed by atoms with Crippen molar-refractivity contribution < 1.29 is 25.2 Å². The van der Waals surface area contributed by atoms with Crippen LogP contribution >= 0.6 is 0 Å². The molecule has 0 aromatic heterocycles. The molecule has 52 heavy (non-hydrogen) atoms. The molecule has 0 aliphatic heterocycles. The van der Waals surface area contributed by atoms with E-state index in [-0.39, 0.29) is 0 Å². The van der Waals surface area contributed by atoms with Gasteiger partial charge in [0.05, 0.1) is 18.8 Å². The van der Waals surface area contributed by atoms with E-state index in [2.05, 4.69) is 43.5 Å². The minimum absolute atomic E-state index is 0.369. The first-order valence-electron chi connectivity index (χ1n) is 22.7. The third-order valence-electron chi connectivity index (χ3n) is 10.7. The van der Waals surface area contributed by atoms with Crippen LogP contribution in [0.2, 0.25) is 0 Å². The zero-order chi connectivity index (χ0) is 38.2. The van der Waals surface area contributed by atoms with Crippen LogP contribution in [0.25, 0.3) is 0 Å². The number of unbranched alkanes of at least 4 members (excludes halogenated alkanes) is 28. The van der Waals surface area contributed by atoms with Gasteiger partial charge in [0.1, 0.15) is 12.2 Å². The van der Waals surface area contributed by atoms with Gasteiger partial charge in [-0.1, -0.05) is 212 Å². The molecule has 0 aliphatic carbocycles. The lowest BCUT2D eigenvalue weighted by atomic mass is 9.99. The summed E-state index contributed by atoms with van der Waals surface area (Å²) in [6.07, 6.45) is 46.9. The second-order valence-corrected chi connectivity index (χ2v) is 15.8. The second kappa shape index (κ2) is 41.0. The van der Waals surface area contributed by atoms with Gasteiger partial charge in [0.25, 0.3) is 0 Å². The van der Waals surface area contributed by atoms with E-state index in [1.165, 1.54) is 161 Å². The molecule has 5 N–H and O–H groups in total. The molecule has 0 rings (SSSR count). The number of allylic oxidation sites excluding steroid dienone is 4. The lowest BCUT2D eigenvalue weighted by Crippen LogP contribution is -2.53. The van der Waals surface area contributed by atoms with Crippen molar-refractivity contribution in [3.05, 3.63) is 24.3 Å². The Morgan fingerprint density at radius 1 is 0.481 bits per heavy atom. The van der Waals surface area contributed by atoms with E-state index >= 15 is 0 Å². The van der Waals surface area contributed by atoms with E-state index in [4.69, 9.17) is 0 Å². The van der Waals surface area contributed by atoms with Gasteiger partial charge in [-0.25, -0.2) is 0 Å². The van der Waals surface area contributed by atoms with Crippen LogP contribution in [0.15, 0.2) is 24.3 Å². The number of carbonyl (C=O) groups is 1. The van der Waals surface area contributed by atoms with Crippen LogP contribution in [0.5, 0.6) is 0 Å². The average Bonchev–Trinajstić information content (AvgIpc) is 3.15. The van der Waals surface area contributed by atoms with E-state index in [0.29, 0.717) is 12.8 Å². The zero-order valence-electron chi connectivity index (χ0n) is 34.6. The maximum Gasteiger partial charge on any atom is 0.249 e. The maximum absolute atomic E-state index is 12.4. The smallest absolute Gasteiger partial charge is 0.249 e. The lowest BCUT2D eigenvalue weighted by molar-refractivity contribution is -0.132. The van der Waals surface area contributed by atoms with Crippen molar-refractivity contribution in [2.24, 2.45) is 0 Å². The molecule has 0 heterocycles. The van der Waals surface area contributed by atoms with Crippen LogP contribution in [0.3, 0.4) is 0 Å². The molecule has 0 saturated heterocycles. The number of rotatable bonds is 41. The molecule has 6 nitrogen and oxygen atoms in total. The number of nitrogens with one attached hydrogen (secondary N) is 1. The van der Waals surface area contributed by atoms with Crippen LogP contribution in [0.4, 0.5) is 0 Å². The quantitative estimate of drug-likeness (QED) is 0.0317. The molecule has 0 radical (unpaired) electrons. The van der Waals surface area contributed by atoms with Gasteiger partial charge in [0.15, 0.2) is 0 Å². The predicted octanol–water partition coefficient (Wildman–Crippen LogP) is 12.0. The zero-order valence-corrected chi connectivity index (χ0v) is 34.6. The highest BCUT2D eigenvalue weighted by atomic mass is 16.3. The monoisotopic (exact) mass is 736 g/mol. The van der Waals surface area contributed by atoms with Gasteiger partial charge < -0.3 is 25.7 Å². The molecular formula is C46H89NO5. The van der Waals surface area contributed by atoms with Crippen molar-refractivity contribution >= 4 is 5.91 Å². The third kappa shape index (κ3) is 34.6. The van der Waals surface area contributed by atoms with Crippen molar-refractivity contribution in [2.75, 3.05) is 6.61 Å². The molecule has 0 saturated carbocycles. The summed E-state index contributed by atoms with van der Waals surface area (Å²) < 4.78 is 0.